The van der Waals surface area contributed by atoms with Crippen LogP contribution >= 0.6 is 23.8 Å². The average Bonchev–Trinajstić information content (AvgIpc) is 2.66. The first-order valence-corrected chi connectivity index (χ1v) is 16.7. The van der Waals surface area contributed by atoms with E-state index >= 15 is 0 Å². The standard InChI is InChI=1S/C25H39O2P3/c1-17(2)30(18(3)4)22-16-12-15-21(27-6)24(22)23-19(13-11-14-20(23)26-5)25(28(7)8)29(9)10/h11-18,25H,1-10H3. The molecule has 0 heterocycles. The lowest BCUT2D eigenvalue weighted by molar-refractivity contribution is 0.410. The SMILES string of the molecule is COc1cccc(C(P(C)C)P(C)C)c1-c1c(OC)cccc1P(C(C)C)C(C)C. The Bertz CT molecular complexity index is 746. The smallest absolute Gasteiger partial charge is 0.127 e. The van der Waals surface area contributed by atoms with Gasteiger partial charge in [-0.25, -0.2) is 0 Å². The number of ether oxygens (including phenoxy) is 2. The summed E-state index contributed by atoms with van der Waals surface area (Å²) in [6.07, 6.45) is 0. The van der Waals surface area contributed by atoms with Gasteiger partial charge in [0.2, 0.25) is 0 Å². The summed E-state index contributed by atoms with van der Waals surface area (Å²) < 4.78 is 11.9. The highest BCUT2D eigenvalue weighted by molar-refractivity contribution is 7.73. The topological polar surface area (TPSA) is 18.5 Å². The first-order chi connectivity index (χ1) is 14.1. The third kappa shape index (κ3) is 5.38. The van der Waals surface area contributed by atoms with Gasteiger partial charge in [-0.05, 0) is 61.0 Å². The highest BCUT2D eigenvalue weighted by Crippen LogP contribution is 2.64. The number of benzene rings is 2. The lowest BCUT2D eigenvalue weighted by atomic mass is 9.98. The van der Waals surface area contributed by atoms with E-state index in [1.165, 1.54) is 22.0 Å². The van der Waals surface area contributed by atoms with Gasteiger partial charge in [0.25, 0.3) is 0 Å². The Hall–Kier alpha value is -0.670. The van der Waals surface area contributed by atoms with E-state index in [1.54, 1.807) is 14.2 Å². The van der Waals surface area contributed by atoms with Crippen LogP contribution < -0.4 is 14.8 Å². The van der Waals surface area contributed by atoms with Crippen molar-refractivity contribution in [2.24, 2.45) is 0 Å². The van der Waals surface area contributed by atoms with E-state index in [4.69, 9.17) is 9.47 Å². The van der Waals surface area contributed by atoms with Gasteiger partial charge in [-0.1, -0.05) is 59.9 Å². The highest BCUT2D eigenvalue weighted by Gasteiger charge is 2.30. The molecule has 0 aliphatic heterocycles. The Morgan fingerprint density at radius 1 is 0.667 bits per heavy atom. The van der Waals surface area contributed by atoms with E-state index in [9.17, 15) is 0 Å². The second kappa shape index (κ2) is 11.3. The first-order valence-electron chi connectivity index (χ1n) is 10.6. The van der Waals surface area contributed by atoms with E-state index in [0.717, 1.165) is 11.5 Å². The molecule has 0 saturated heterocycles. The molecular formula is C25H39O2P3. The molecule has 5 heteroatoms. The zero-order valence-electron chi connectivity index (χ0n) is 20.4. The van der Waals surface area contributed by atoms with Crippen molar-refractivity contribution in [3.05, 3.63) is 42.0 Å². The Kier molecular flexibility index (Phi) is 9.61. The van der Waals surface area contributed by atoms with Crippen LogP contribution in [0.25, 0.3) is 11.1 Å². The summed E-state index contributed by atoms with van der Waals surface area (Å²) in [5, 5.41) is 2.01. The minimum Gasteiger partial charge on any atom is -0.496 e. The summed E-state index contributed by atoms with van der Waals surface area (Å²) in [5.41, 5.74) is 5.13. The molecular weight excluding hydrogens is 425 g/mol. The lowest BCUT2D eigenvalue weighted by Crippen LogP contribution is -2.18. The molecule has 0 spiro atoms. The van der Waals surface area contributed by atoms with E-state index in [0.29, 0.717) is 16.7 Å². The quantitative estimate of drug-likeness (QED) is 0.353. The normalized spacial score (nSPS) is 12.1. The molecule has 0 unspecified atom stereocenters. The van der Waals surface area contributed by atoms with Crippen LogP contribution in [0.15, 0.2) is 36.4 Å². The Labute approximate surface area is 188 Å². The van der Waals surface area contributed by atoms with Crippen LogP contribution in [-0.4, -0.2) is 52.2 Å². The van der Waals surface area contributed by atoms with Gasteiger partial charge >= 0.3 is 0 Å². The third-order valence-electron chi connectivity index (χ3n) is 5.40. The van der Waals surface area contributed by atoms with Crippen molar-refractivity contribution in [3.63, 3.8) is 0 Å². The van der Waals surface area contributed by atoms with Gasteiger partial charge in [0.1, 0.15) is 11.5 Å². The van der Waals surface area contributed by atoms with Crippen molar-refractivity contribution >= 4 is 29.1 Å². The fourth-order valence-corrected chi connectivity index (χ4v) is 12.8. The van der Waals surface area contributed by atoms with Gasteiger partial charge in [-0.2, -0.15) is 0 Å². The molecule has 0 saturated carbocycles. The van der Waals surface area contributed by atoms with Crippen molar-refractivity contribution in [1.29, 1.82) is 0 Å². The number of rotatable bonds is 9. The molecule has 2 rings (SSSR count). The molecule has 0 N–H and O–H groups in total. The van der Waals surface area contributed by atoms with Crippen molar-refractivity contribution < 1.29 is 9.47 Å². The van der Waals surface area contributed by atoms with E-state index in [-0.39, 0.29) is 23.8 Å². The summed E-state index contributed by atoms with van der Waals surface area (Å²) in [6, 6.07) is 13.2. The molecule has 0 fully saturated rings. The number of methoxy groups -OCH3 is 2. The average molecular weight is 465 g/mol. The van der Waals surface area contributed by atoms with E-state index in [1.807, 2.05) is 0 Å². The molecule has 166 valence electrons. The fourth-order valence-electron chi connectivity index (χ4n) is 4.53. The highest BCUT2D eigenvalue weighted by atomic mass is 31.2. The number of hydrogen-bond donors (Lipinski definition) is 0. The Morgan fingerprint density at radius 3 is 1.57 bits per heavy atom. The van der Waals surface area contributed by atoms with Crippen LogP contribution in [-0.2, 0) is 0 Å². The summed E-state index contributed by atoms with van der Waals surface area (Å²) in [5.74, 6) is 1.92. The van der Waals surface area contributed by atoms with Crippen LogP contribution in [0.3, 0.4) is 0 Å². The minimum atomic E-state index is -0.345. The van der Waals surface area contributed by atoms with Crippen LogP contribution in [0, 0.1) is 0 Å². The van der Waals surface area contributed by atoms with Gasteiger partial charge < -0.3 is 9.47 Å². The van der Waals surface area contributed by atoms with Gasteiger partial charge in [0.05, 0.1) is 14.2 Å². The number of hydrogen-bond acceptors (Lipinski definition) is 2. The van der Waals surface area contributed by atoms with Crippen LogP contribution in [0.4, 0.5) is 0 Å². The molecule has 0 aromatic heterocycles. The van der Waals surface area contributed by atoms with Gasteiger partial charge in [0.15, 0.2) is 0 Å². The van der Waals surface area contributed by atoms with Gasteiger partial charge in [-0.3, -0.25) is 0 Å². The Balaban J connectivity index is 2.97. The van der Waals surface area contributed by atoms with Crippen molar-refractivity contribution in [2.75, 3.05) is 40.9 Å². The van der Waals surface area contributed by atoms with Crippen molar-refractivity contribution in [2.45, 2.75) is 44.4 Å². The summed E-state index contributed by atoms with van der Waals surface area (Å²) in [7, 11) is 2.98. The third-order valence-corrected chi connectivity index (χ3v) is 13.8. The molecule has 2 aromatic rings. The summed E-state index contributed by atoms with van der Waals surface area (Å²) in [4.78, 5) is 0. The predicted octanol–water partition coefficient (Wildman–Crippen LogP) is 7.78. The maximum Gasteiger partial charge on any atom is 0.127 e. The summed E-state index contributed by atoms with van der Waals surface area (Å²) >= 11 is 0. The zero-order chi connectivity index (χ0) is 22.6. The first kappa shape index (κ1) is 25.6. The predicted molar refractivity (Wildman–Crippen MR) is 142 cm³/mol. The maximum absolute atomic E-state index is 5.97. The lowest BCUT2D eigenvalue weighted by Gasteiger charge is -2.33. The van der Waals surface area contributed by atoms with Gasteiger partial charge in [-0.15, -0.1) is 15.8 Å². The van der Waals surface area contributed by atoms with Crippen LogP contribution in [0.5, 0.6) is 11.5 Å². The minimum absolute atomic E-state index is 0.130. The van der Waals surface area contributed by atoms with Crippen LogP contribution in [0.1, 0.15) is 38.7 Å². The van der Waals surface area contributed by atoms with E-state index in [2.05, 4.69) is 90.8 Å². The van der Waals surface area contributed by atoms with E-state index < -0.39 is 0 Å². The maximum atomic E-state index is 5.97. The van der Waals surface area contributed by atoms with Crippen LogP contribution in [0.2, 0.25) is 0 Å². The summed E-state index contributed by atoms with van der Waals surface area (Å²) in [6.45, 7) is 19.1. The molecule has 0 amide bonds. The Morgan fingerprint density at radius 2 is 1.13 bits per heavy atom. The molecule has 2 aromatic carbocycles. The monoisotopic (exact) mass is 464 g/mol. The second-order valence-corrected chi connectivity index (χ2v) is 17.3. The van der Waals surface area contributed by atoms with Crippen molar-refractivity contribution in [3.8, 4) is 22.6 Å². The zero-order valence-corrected chi connectivity index (χ0v) is 23.0. The van der Waals surface area contributed by atoms with Gasteiger partial charge in [0, 0.05) is 16.5 Å². The fraction of sp³-hybridized carbons (Fsp3) is 0.520. The molecule has 0 atom stereocenters. The molecule has 0 radical (unpaired) electrons. The second-order valence-electron chi connectivity index (χ2n) is 8.67. The van der Waals surface area contributed by atoms with Crippen molar-refractivity contribution in [1.82, 2.24) is 0 Å². The molecule has 0 aliphatic rings. The molecule has 2 nitrogen and oxygen atoms in total. The molecule has 0 bridgehead atoms. The largest absolute Gasteiger partial charge is 0.496 e. The molecule has 0 aliphatic carbocycles. The molecule has 30 heavy (non-hydrogen) atoms.